The van der Waals surface area contributed by atoms with Crippen LogP contribution < -0.4 is 9.47 Å². The van der Waals surface area contributed by atoms with E-state index in [1.54, 1.807) is 14.2 Å². The minimum absolute atomic E-state index is 0.327. The van der Waals surface area contributed by atoms with E-state index in [9.17, 15) is 4.79 Å². The van der Waals surface area contributed by atoms with Gasteiger partial charge < -0.3 is 19.3 Å². The van der Waals surface area contributed by atoms with Crippen LogP contribution in [0, 0.1) is 0 Å². The summed E-state index contributed by atoms with van der Waals surface area (Å²) in [6.45, 7) is 3.76. The van der Waals surface area contributed by atoms with Crippen LogP contribution in [0.3, 0.4) is 0 Å². The maximum atomic E-state index is 12.2. The minimum Gasteiger partial charge on any atom is -0.493 e. The molecular weight excluding hydrogens is 316 g/mol. The average Bonchev–Trinajstić information content (AvgIpc) is 2.64. The number of benzene rings is 1. The summed E-state index contributed by atoms with van der Waals surface area (Å²) in [6.07, 6.45) is 6.14. The Hall–Kier alpha value is -1.75. The molecule has 5 nitrogen and oxygen atoms in total. The Labute approximate surface area is 151 Å². The SMILES string of the molecule is COc1ccc(CCCCCCC(=O)N2CCN(C)CC2)cc1OC. The van der Waals surface area contributed by atoms with E-state index >= 15 is 0 Å². The molecule has 1 aromatic rings. The first-order valence-electron chi connectivity index (χ1n) is 9.31. The van der Waals surface area contributed by atoms with Crippen molar-refractivity contribution in [3.8, 4) is 11.5 Å². The van der Waals surface area contributed by atoms with Crippen LogP contribution in [-0.2, 0) is 11.2 Å². The predicted molar refractivity (Wildman–Crippen MR) is 100 cm³/mol. The zero-order valence-corrected chi connectivity index (χ0v) is 15.9. The lowest BCUT2D eigenvalue weighted by atomic mass is 10.0. The molecule has 0 radical (unpaired) electrons. The molecule has 1 aliphatic rings. The number of aryl methyl sites for hydroxylation is 1. The Kier molecular flexibility index (Phi) is 8.06. The van der Waals surface area contributed by atoms with Gasteiger partial charge in [-0.1, -0.05) is 18.9 Å². The lowest BCUT2D eigenvalue weighted by Crippen LogP contribution is -2.47. The summed E-state index contributed by atoms with van der Waals surface area (Å²) < 4.78 is 10.6. The summed E-state index contributed by atoms with van der Waals surface area (Å²) in [5.74, 6) is 1.89. The number of ether oxygens (including phenoxy) is 2. The van der Waals surface area contributed by atoms with Crippen LogP contribution in [0.1, 0.15) is 37.7 Å². The van der Waals surface area contributed by atoms with E-state index < -0.39 is 0 Å². The second kappa shape index (κ2) is 10.3. The molecule has 0 unspecified atom stereocenters. The lowest BCUT2D eigenvalue weighted by Gasteiger charge is -2.32. The summed E-state index contributed by atoms with van der Waals surface area (Å²) in [4.78, 5) is 16.5. The number of nitrogens with zero attached hydrogens (tertiary/aromatic N) is 2. The Bertz CT molecular complexity index is 540. The van der Waals surface area contributed by atoms with Crippen LogP contribution in [0.25, 0.3) is 0 Å². The lowest BCUT2D eigenvalue weighted by molar-refractivity contribution is -0.132. The van der Waals surface area contributed by atoms with Crippen molar-refractivity contribution in [3.63, 3.8) is 0 Å². The number of carbonyl (C=O) groups excluding carboxylic acids is 1. The molecule has 0 aromatic heterocycles. The number of likely N-dealkylation sites (N-methyl/N-ethyl adjacent to an activating group) is 1. The van der Waals surface area contributed by atoms with E-state index in [4.69, 9.17) is 9.47 Å². The first-order chi connectivity index (χ1) is 12.1. The summed E-state index contributed by atoms with van der Waals surface area (Å²) in [7, 11) is 5.43. The summed E-state index contributed by atoms with van der Waals surface area (Å²) in [5.41, 5.74) is 1.27. The van der Waals surface area contributed by atoms with Gasteiger partial charge >= 0.3 is 0 Å². The molecule has 25 heavy (non-hydrogen) atoms. The van der Waals surface area contributed by atoms with E-state index in [1.165, 1.54) is 5.56 Å². The topological polar surface area (TPSA) is 42.0 Å². The van der Waals surface area contributed by atoms with Gasteiger partial charge in [-0.2, -0.15) is 0 Å². The third kappa shape index (κ3) is 6.24. The maximum Gasteiger partial charge on any atom is 0.222 e. The molecule has 0 atom stereocenters. The van der Waals surface area contributed by atoms with E-state index in [0.717, 1.165) is 69.8 Å². The van der Waals surface area contributed by atoms with Crippen LogP contribution >= 0.6 is 0 Å². The molecule has 1 amide bonds. The minimum atomic E-state index is 0.327. The molecule has 5 heteroatoms. The van der Waals surface area contributed by atoms with Crippen molar-refractivity contribution in [2.45, 2.75) is 38.5 Å². The van der Waals surface area contributed by atoms with Crippen LogP contribution in [-0.4, -0.2) is 63.2 Å². The van der Waals surface area contributed by atoms with Crippen LogP contribution in [0.4, 0.5) is 0 Å². The number of hydrogen-bond donors (Lipinski definition) is 0. The molecule has 0 spiro atoms. The fourth-order valence-corrected chi connectivity index (χ4v) is 3.21. The van der Waals surface area contributed by atoms with Gasteiger partial charge in [0, 0.05) is 32.6 Å². The summed E-state index contributed by atoms with van der Waals surface area (Å²) in [6, 6.07) is 6.11. The van der Waals surface area contributed by atoms with Gasteiger partial charge in [-0.05, 0) is 44.0 Å². The largest absolute Gasteiger partial charge is 0.493 e. The Morgan fingerprint density at radius 2 is 1.64 bits per heavy atom. The smallest absolute Gasteiger partial charge is 0.222 e. The van der Waals surface area contributed by atoms with E-state index in [1.807, 2.05) is 11.0 Å². The molecule has 0 saturated carbocycles. The monoisotopic (exact) mass is 348 g/mol. The Morgan fingerprint density at radius 1 is 0.960 bits per heavy atom. The van der Waals surface area contributed by atoms with Gasteiger partial charge in [0.05, 0.1) is 14.2 Å². The van der Waals surface area contributed by atoms with Gasteiger partial charge in [-0.25, -0.2) is 0 Å². The van der Waals surface area contributed by atoms with Gasteiger partial charge in [0.1, 0.15) is 0 Å². The first kappa shape index (κ1) is 19.6. The number of piperazine rings is 1. The summed E-state index contributed by atoms with van der Waals surface area (Å²) in [5, 5.41) is 0. The van der Waals surface area contributed by atoms with Crippen molar-refractivity contribution in [2.75, 3.05) is 47.4 Å². The highest BCUT2D eigenvalue weighted by atomic mass is 16.5. The Balaban J connectivity index is 1.59. The van der Waals surface area contributed by atoms with Crippen molar-refractivity contribution in [1.82, 2.24) is 9.80 Å². The predicted octanol–water partition coefficient (Wildman–Crippen LogP) is 2.97. The van der Waals surface area contributed by atoms with Crippen molar-refractivity contribution in [1.29, 1.82) is 0 Å². The number of rotatable bonds is 9. The zero-order valence-electron chi connectivity index (χ0n) is 15.9. The molecular formula is C20H32N2O3. The molecule has 1 aliphatic heterocycles. The molecule has 1 saturated heterocycles. The van der Waals surface area contributed by atoms with Crippen molar-refractivity contribution in [2.24, 2.45) is 0 Å². The fraction of sp³-hybridized carbons (Fsp3) is 0.650. The van der Waals surface area contributed by atoms with Gasteiger partial charge in [0.2, 0.25) is 5.91 Å². The van der Waals surface area contributed by atoms with E-state index in [-0.39, 0.29) is 0 Å². The number of carbonyl (C=O) groups is 1. The van der Waals surface area contributed by atoms with Crippen LogP contribution in [0.2, 0.25) is 0 Å². The van der Waals surface area contributed by atoms with E-state index in [2.05, 4.69) is 24.1 Å². The number of methoxy groups -OCH3 is 2. The van der Waals surface area contributed by atoms with Gasteiger partial charge in [-0.3, -0.25) is 4.79 Å². The first-order valence-corrected chi connectivity index (χ1v) is 9.31. The van der Waals surface area contributed by atoms with Crippen molar-refractivity contribution in [3.05, 3.63) is 23.8 Å². The summed E-state index contributed by atoms with van der Waals surface area (Å²) >= 11 is 0. The quantitative estimate of drug-likeness (QED) is 0.644. The normalized spacial score (nSPS) is 15.2. The van der Waals surface area contributed by atoms with Crippen LogP contribution in [0.15, 0.2) is 18.2 Å². The van der Waals surface area contributed by atoms with Gasteiger partial charge in [0.25, 0.3) is 0 Å². The second-order valence-electron chi connectivity index (χ2n) is 6.79. The highest BCUT2D eigenvalue weighted by Crippen LogP contribution is 2.28. The highest BCUT2D eigenvalue weighted by Gasteiger charge is 2.18. The molecule has 1 heterocycles. The molecule has 1 aromatic carbocycles. The fourth-order valence-electron chi connectivity index (χ4n) is 3.21. The van der Waals surface area contributed by atoms with Crippen LogP contribution in [0.5, 0.6) is 11.5 Å². The van der Waals surface area contributed by atoms with Gasteiger partial charge in [0.15, 0.2) is 11.5 Å². The number of hydrogen-bond acceptors (Lipinski definition) is 4. The third-order valence-electron chi connectivity index (χ3n) is 4.91. The van der Waals surface area contributed by atoms with Crippen molar-refractivity contribution < 1.29 is 14.3 Å². The number of unbranched alkanes of at least 4 members (excludes halogenated alkanes) is 3. The Morgan fingerprint density at radius 3 is 2.32 bits per heavy atom. The zero-order chi connectivity index (χ0) is 18.1. The third-order valence-corrected chi connectivity index (χ3v) is 4.91. The second-order valence-corrected chi connectivity index (χ2v) is 6.79. The molecule has 2 rings (SSSR count). The molecule has 0 aliphatic carbocycles. The van der Waals surface area contributed by atoms with Gasteiger partial charge in [-0.15, -0.1) is 0 Å². The maximum absolute atomic E-state index is 12.2. The molecule has 1 fully saturated rings. The number of amides is 1. The average molecular weight is 348 g/mol. The standard InChI is InChI=1S/C20H32N2O3/c1-21-12-14-22(15-13-21)20(23)9-7-5-4-6-8-17-10-11-18(24-2)19(16-17)25-3/h10-11,16H,4-9,12-15H2,1-3H3. The van der Waals surface area contributed by atoms with Crippen molar-refractivity contribution >= 4 is 5.91 Å². The highest BCUT2D eigenvalue weighted by molar-refractivity contribution is 5.76. The molecule has 140 valence electrons. The molecule has 0 bridgehead atoms. The van der Waals surface area contributed by atoms with E-state index in [0.29, 0.717) is 12.3 Å². The molecule has 0 N–H and O–H groups in total.